The number of hydrogen-bond donors (Lipinski definition) is 1. The average molecular weight is 263 g/mol. The van der Waals surface area contributed by atoms with E-state index in [1.54, 1.807) is 0 Å². The van der Waals surface area contributed by atoms with Crippen LogP contribution in [0.25, 0.3) is 0 Å². The Hall–Kier alpha value is -2.57. The molecule has 0 atom stereocenters. The average Bonchev–Trinajstić information content (AvgIpc) is 2.20. The first-order chi connectivity index (χ1) is 8.26. The van der Waals surface area contributed by atoms with Crippen molar-refractivity contribution in [3.63, 3.8) is 0 Å². The molecule has 0 amide bonds. The maximum atomic E-state index is 12.0. The smallest absolute Gasteiger partial charge is 0.397 e. The van der Waals surface area contributed by atoms with Gasteiger partial charge in [0.25, 0.3) is 5.56 Å². The molecule has 0 spiro atoms. The van der Waals surface area contributed by atoms with Crippen LogP contribution >= 0.6 is 0 Å². The molecule has 1 aromatic heterocycles. The molecule has 1 aromatic rings. The van der Waals surface area contributed by atoms with Gasteiger partial charge in [-0.25, -0.2) is 0 Å². The van der Waals surface area contributed by atoms with Gasteiger partial charge in [-0.1, -0.05) is 0 Å². The highest BCUT2D eigenvalue weighted by molar-refractivity contribution is 5.51. The van der Waals surface area contributed by atoms with Crippen molar-refractivity contribution in [2.75, 3.05) is 0 Å². The van der Waals surface area contributed by atoms with Crippen LogP contribution in [0, 0.1) is 21.4 Å². The standard InChI is InChI=1S/C8H4F3N3O4/c9-8(10,11)18-5-3-13-7(15)4(1-2-12)6(5)14(16)17/h3H,1H2,(H,13,15). The highest BCUT2D eigenvalue weighted by Crippen LogP contribution is 2.32. The van der Waals surface area contributed by atoms with Gasteiger partial charge in [-0.15, -0.1) is 13.2 Å². The molecule has 7 nitrogen and oxygen atoms in total. The van der Waals surface area contributed by atoms with Crippen LogP contribution in [-0.4, -0.2) is 16.3 Å². The van der Waals surface area contributed by atoms with Crippen LogP contribution < -0.4 is 10.3 Å². The van der Waals surface area contributed by atoms with Gasteiger partial charge in [0.2, 0.25) is 5.75 Å². The van der Waals surface area contributed by atoms with E-state index in [2.05, 4.69) is 4.74 Å². The summed E-state index contributed by atoms with van der Waals surface area (Å²) in [6.45, 7) is 0. The number of nitriles is 1. The summed E-state index contributed by atoms with van der Waals surface area (Å²) in [5.74, 6) is -1.17. The van der Waals surface area contributed by atoms with Gasteiger partial charge < -0.3 is 9.72 Å². The molecule has 0 saturated carbocycles. The second-order valence-electron chi connectivity index (χ2n) is 2.95. The van der Waals surface area contributed by atoms with Crippen LogP contribution in [0.2, 0.25) is 0 Å². The second kappa shape index (κ2) is 4.74. The lowest BCUT2D eigenvalue weighted by molar-refractivity contribution is -0.389. The number of nitrogens with one attached hydrogen (secondary N) is 1. The maximum absolute atomic E-state index is 12.0. The molecule has 0 aliphatic carbocycles. The molecule has 0 bridgehead atoms. The third kappa shape index (κ3) is 2.97. The van der Waals surface area contributed by atoms with E-state index in [9.17, 15) is 28.1 Å². The Morgan fingerprint density at radius 1 is 1.56 bits per heavy atom. The zero-order valence-corrected chi connectivity index (χ0v) is 8.45. The molecule has 10 heteroatoms. The minimum atomic E-state index is -5.15. The Morgan fingerprint density at radius 3 is 2.61 bits per heavy atom. The molecule has 0 fully saturated rings. The van der Waals surface area contributed by atoms with Gasteiger partial charge >= 0.3 is 12.0 Å². The van der Waals surface area contributed by atoms with Crippen LogP contribution in [0.15, 0.2) is 11.0 Å². The van der Waals surface area contributed by atoms with E-state index < -0.39 is 40.3 Å². The van der Waals surface area contributed by atoms with Gasteiger partial charge in [0.1, 0.15) is 5.56 Å². The van der Waals surface area contributed by atoms with Crippen LogP contribution in [0.5, 0.6) is 5.75 Å². The summed E-state index contributed by atoms with van der Waals surface area (Å²) in [6.07, 6.45) is -5.43. The Bertz CT molecular complexity index is 572. The molecular formula is C8H4F3N3O4. The summed E-state index contributed by atoms with van der Waals surface area (Å²) in [5.41, 5.74) is -2.88. The van der Waals surface area contributed by atoms with Gasteiger partial charge in [0.15, 0.2) is 0 Å². The number of aromatic nitrogens is 1. The fourth-order valence-corrected chi connectivity index (χ4v) is 1.19. The number of ether oxygens (including phenoxy) is 1. The molecule has 0 aliphatic heterocycles. The van der Waals surface area contributed by atoms with E-state index >= 15 is 0 Å². The van der Waals surface area contributed by atoms with Crippen molar-refractivity contribution in [1.82, 2.24) is 4.98 Å². The molecule has 1 heterocycles. The van der Waals surface area contributed by atoms with Crippen LogP contribution in [-0.2, 0) is 6.42 Å². The summed E-state index contributed by atoms with van der Waals surface area (Å²) in [5, 5.41) is 19.0. The van der Waals surface area contributed by atoms with Crippen LogP contribution in [0.1, 0.15) is 5.56 Å². The van der Waals surface area contributed by atoms with E-state index in [0.717, 1.165) is 0 Å². The Balaban J connectivity index is 3.45. The van der Waals surface area contributed by atoms with E-state index in [-0.39, 0.29) is 0 Å². The minimum absolute atomic E-state index is 0.425. The van der Waals surface area contributed by atoms with Gasteiger partial charge in [-0.05, 0) is 0 Å². The summed E-state index contributed by atoms with van der Waals surface area (Å²) in [6, 6.07) is 1.45. The molecule has 0 aromatic carbocycles. The third-order valence-electron chi connectivity index (χ3n) is 1.79. The lowest BCUT2D eigenvalue weighted by Gasteiger charge is -2.09. The number of aromatic amines is 1. The van der Waals surface area contributed by atoms with Crippen molar-refractivity contribution in [3.05, 3.63) is 32.2 Å². The van der Waals surface area contributed by atoms with Crippen molar-refractivity contribution in [1.29, 1.82) is 5.26 Å². The molecule has 0 unspecified atom stereocenters. The number of H-pyrrole nitrogens is 1. The zero-order chi connectivity index (χ0) is 13.9. The maximum Gasteiger partial charge on any atom is 0.573 e. The summed E-state index contributed by atoms with van der Waals surface area (Å²) >= 11 is 0. The van der Waals surface area contributed by atoms with E-state index in [1.807, 2.05) is 4.98 Å². The monoisotopic (exact) mass is 263 g/mol. The fraction of sp³-hybridized carbons (Fsp3) is 0.250. The molecule has 0 aliphatic rings. The lowest BCUT2D eigenvalue weighted by atomic mass is 10.1. The first kappa shape index (κ1) is 13.5. The number of nitro groups is 1. The quantitative estimate of drug-likeness (QED) is 0.651. The molecule has 96 valence electrons. The summed E-state index contributed by atoms with van der Waals surface area (Å²) in [7, 11) is 0. The minimum Gasteiger partial charge on any atom is -0.397 e. The van der Waals surface area contributed by atoms with Gasteiger partial charge in [-0.2, -0.15) is 5.26 Å². The topological polar surface area (TPSA) is 109 Å². The van der Waals surface area contributed by atoms with Crippen LogP contribution in [0.4, 0.5) is 18.9 Å². The second-order valence-corrected chi connectivity index (χ2v) is 2.95. The Kier molecular flexibility index (Phi) is 3.55. The molecule has 1 rings (SSSR count). The normalized spacial score (nSPS) is 10.8. The fourth-order valence-electron chi connectivity index (χ4n) is 1.19. The lowest BCUT2D eigenvalue weighted by Crippen LogP contribution is -2.21. The first-order valence-electron chi connectivity index (χ1n) is 4.28. The van der Waals surface area contributed by atoms with Crippen molar-refractivity contribution in [2.24, 2.45) is 0 Å². The van der Waals surface area contributed by atoms with Crippen molar-refractivity contribution >= 4 is 5.69 Å². The third-order valence-corrected chi connectivity index (χ3v) is 1.79. The number of halogens is 3. The molecule has 18 heavy (non-hydrogen) atoms. The summed E-state index contributed by atoms with van der Waals surface area (Å²) in [4.78, 5) is 22.5. The van der Waals surface area contributed by atoms with E-state index in [0.29, 0.717) is 6.20 Å². The SMILES string of the molecule is N#CCc1c([N+](=O)[O-])c(OC(F)(F)F)c[nH]c1=O. The highest BCUT2D eigenvalue weighted by atomic mass is 19.4. The van der Waals surface area contributed by atoms with Crippen LogP contribution in [0.3, 0.4) is 0 Å². The summed E-state index contributed by atoms with van der Waals surface area (Å²) < 4.78 is 39.4. The van der Waals surface area contributed by atoms with Crippen molar-refractivity contribution in [2.45, 2.75) is 12.8 Å². The Labute approximate surface area is 96.6 Å². The molecule has 1 N–H and O–H groups in total. The van der Waals surface area contributed by atoms with Gasteiger partial charge in [0.05, 0.1) is 23.6 Å². The number of rotatable bonds is 3. The van der Waals surface area contributed by atoms with Gasteiger partial charge in [0, 0.05) is 0 Å². The first-order valence-corrected chi connectivity index (χ1v) is 4.28. The largest absolute Gasteiger partial charge is 0.573 e. The molecule has 0 saturated heterocycles. The van der Waals surface area contributed by atoms with Crippen molar-refractivity contribution in [3.8, 4) is 11.8 Å². The van der Waals surface area contributed by atoms with E-state index in [1.165, 1.54) is 6.07 Å². The number of hydrogen-bond acceptors (Lipinski definition) is 5. The molecule has 0 radical (unpaired) electrons. The molecular weight excluding hydrogens is 259 g/mol. The highest BCUT2D eigenvalue weighted by Gasteiger charge is 2.36. The predicted octanol–water partition coefficient (Wildman–Crippen LogP) is 1.25. The zero-order valence-electron chi connectivity index (χ0n) is 8.45. The predicted molar refractivity (Wildman–Crippen MR) is 49.7 cm³/mol. The number of nitrogens with zero attached hydrogens (tertiary/aromatic N) is 2. The number of pyridine rings is 1. The van der Waals surface area contributed by atoms with E-state index in [4.69, 9.17) is 5.26 Å². The Morgan fingerprint density at radius 2 is 2.17 bits per heavy atom. The van der Waals surface area contributed by atoms with Crippen molar-refractivity contribution < 1.29 is 22.8 Å². The number of alkyl halides is 3. The van der Waals surface area contributed by atoms with Gasteiger partial charge in [-0.3, -0.25) is 14.9 Å².